The molecule has 3 aromatic rings. The third kappa shape index (κ3) is 4.33. The zero-order valence-corrected chi connectivity index (χ0v) is 18.9. The van der Waals surface area contributed by atoms with Gasteiger partial charge in [-0.15, -0.1) is 0 Å². The van der Waals surface area contributed by atoms with Crippen LogP contribution in [0.5, 0.6) is 0 Å². The second-order valence-corrected chi connectivity index (χ2v) is 9.45. The van der Waals surface area contributed by atoms with Crippen molar-refractivity contribution in [2.75, 3.05) is 27.2 Å². The molecule has 0 radical (unpaired) electrons. The van der Waals surface area contributed by atoms with Gasteiger partial charge in [0.05, 0.1) is 11.2 Å². The number of ketones is 1. The van der Waals surface area contributed by atoms with E-state index in [4.69, 9.17) is 9.15 Å². The van der Waals surface area contributed by atoms with Gasteiger partial charge in [0.15, 0.2) is 5.76 Å². The number of carbonyl (C=O) groups excluding carboxylic acids is 2. The molecule has 0 spiro atoms. The predicted octanol–water partition coefficient (Wildman–Crippen LogP) is 3.25. The predicted molar refractivity (Wildman–Crippen MR) is 121 cm³/mol. The molecule has 0 unspecified atom stereocenters. The number of hydrogen-bond acceptors (Lipinski definition) is 7. The van der Waals surface area contributed by atoms with Crippen LogP contribution in [0.15, 0.2) is 88.0 Å². The smallest absolute Gasteiger partial charge is 0.379 e. The van der Waals surface area contributed by atoms with Gasteiger partial charge in [0.1, 0.15) is 5.70 Å². The molecule has 1 aromatic heterocycles. The summed E-state index contributed by atoms with van der Waals surface area (Å²) in [6.45, 7) is 0.325. The molecule has 9 heteroatoms. The van der Waals surface area contributed by atoms with Gasteiger partial charge in [-0.05, 0) is 38.4 Å². The fourth-order valence-electron chi connectivity index (χ4n) is 3.47. The molecule has 0 fully saturated rings. The van der Waals surface area contributed by atoms with E-state index in [1.165, 1.54) is 30.5 Å². The van der Waals surface area contributed by atoms with Gasteiger partial charge in [-0.3, -0.25) is 9.10 Å². The summed E-state index contributed by atoms with van der Waals surface area (Å²) in [5.41, 5.74) is 0.183. The highest BCUT2D eigenvalue weighted by Gasteiger charge is 2.41. The second-order valence-electron chi connectivity index (χ2n) is 7.62. The van der Waals surface area contributed by atoms with Gasteiger partial charge in [0, 0.05) is 24.2 Å². The van der Waals surface area contributed by atoms with Crippen LogP contribution in [0, 0.1) is 0 Å². The zero-order valence-electron chi connectivity index (χ0n) is 18.1. The molecule has 33 heavy (non-hydrogen) atoms. The van der Waals surface area contributed by atoms with E-state index in [9.17, 15) is 18.0 Å². The lowest BCUT2D eigenvalue weighted by molar-refractivity contribution is 0.0651. The molecule has 1 aliphatic rings. The number of esters is 1. The molecule has 8 nitrogen and oxygen atoms in total. The summed E-state index contributed by atoms with van der Waals surface area (Å²) in [5.74, 6) is -1.61. The molecule has 0 saturated carbocycles. The minimum atomic E-state index is -4.09. The van der Waals surface area contributed by atoms with Crippen molar-refractivity contribution in [2.24, 2.45) is 0 Å². The second kappa shape index (κ2) is 9.05. The van der Waals surface area contributed by atoms with Crippen LogP contribution in [0.2, 0.25) is 0 Å². The lowest BCUT2D eigenvalue weighted by atomic mass is 10.0. The molecular weight excluding hydrogens is 444 g/mol. The highest BCUT2D eigenvalue weighted by Crippen LogP contribution is 2.39. The topological polar surface area (TPSA) is 97.1 Å². The van der Waals surface area contributed by atoms with Crippen LogP contribution < -0.4 is 0 Å². The Morgan fingerprint density at radius 1 is 0.970 bits per heavy atom. The van der Waals surface area contributed by atoms with Crippen molar-refractivity contribution < 1.29 is 27.2 Å². The monoisotopic (exact) mass is 466 g/mol. The summed E-state index contributed by atoms with van der Waals surface area (Å²) >= 11 is 0. The molecule has 170 valence electrons. The number of benzene rings is 2. The lowest BCUT2D eigenvalue weighted by Crippen LogP contribution is -2.42. The maximum atomic E-state index is 13.6. The average Bonchev–Trinajstić information content (AvgIpc) is 3.35. The number of nitrogens with zero attached hydrogens (tertiary/aromatic N) is 2. The van der Waals surface area contributed by atoms with E-state index in [0.29, 0.717) is 6.54 Å². The van der Waals surface area contributed by atoms with Crippen molar-refractivity contribution in [1.29, 1.82) is 0 Å². The van der Waals surface area contributed by atoms with E-state index in [1.807, 2.05) is 0 Å². The van der Waals surface area contributed by atoms with Gasteiger partial charge in [0.25, 0.3) is 10.0 Å². The Bertz CT molecular complexity index is 1310. The summed E-state index contributed by atoms with van der Waals surface area (Å²) < 4.78 is 39.0. The van der Waals surface area contributed by atoms with Gasteiger partial charge < -0.3 is 14.1 Å². The summed E-state index contributed by atoms with van der Waals surface area (Å²) in [4.78, 5) is 28.2. The molecular formula is C24H22N2O6S. The number of carbonyl (C=O) groups is 2. The van der Waals surface area contributed by atoms with Crippen LogP contribution in [0.1, 0.15) is 26.5 Å². The fraction of sp³-hybridized carbons (Fsp3) is 0.167. The first kappa shape index (κ1) is 22.5. The van der Waals surface area contributed by atoms with Crippen molar-refractivity contribution in [3.05, 3.63) is 95.6 Å². The lowest BCUT2D eigenvalue weighted by Gasteiger charge is -2.33. The van der Waals surface area contributed by atoms with Gasteiger partial charge in [-0.25, -0.2) is 13.2 Å². The summed E-state index contributed by atoms with van der Waals surface area (Å²) in [6, 6.07) is 17.4. The zero-order chi connectivity index (χ0) is 23.6. The first-order valence-electron chi connectivity index (χ1n) is 10.2. The van der Waals surface area contributed by atoms with Gasteiger partial charge in [-0.2, -0.15) is 0 Å². The Morgan fingerprint density at radius 2 is 1.67 bits per heavy atom. The van der Waals surface area contributed by atoms with E-state index < -0.39 is 21.8 Å². The normalized spacial score (nSPS) is 14.8. The highest BCUT2D eigenvalue weighted by atomic mass is 32.2. The minimum absolute atomic E-state index is 0.0145. The minimum Gasteiger partial charge on any atom is -0.457 e. The van der Waals surface area contributed by atoms with Gasteiger partial charge in [-0.1, -0.05) is 42.5 Å². The Morgan fingerprint density at radius 3 is 2.33 bits per heavy atom. The van der Waals surface area contributed by atoms with E-state index >= 15 is 0 Å². The maximum Gasteiger partial charge on any atom is 0.379 e. The molecule has 0 atom stereocenters. The Balaban J connectivity index is 1.95. The van der Waals surface area contributed by atoms with E-state index in [0.717, 1.165) is 4.31 Å². The number of rotatable bonds is 7. The largest absolute Gasteiger partial charge is 0.457 e. The van der Waals surface area contributed by atoms with Gasteiger partial charge in [0.2, 0.25) is 11.5 Å². The van der Waals surface area contributed by atoms with E-state index in [-0.39, 0.29) is 39.8 Å². The molecule has 2 aromatic carbocycles. The Kier molecular flexibility index (Phi) is 6.17. The first-order chi connectivity index (χ1) is 15.8. The van der Waals surface area contributed by atoms with Crippen molar-refractivity contribution in [3.63, 3.8) is 0 Å². The van der Waals surface area contributed by atoms with Crippen LogP contribution in [0.4, 0.5) is 0 Å². The Hall–Kier alpha value is -3.69. The standard InChI is InChI=1S/C24H22N2O6S/c1-25(2)14-15-26-21(22(27)17-9-4-3-5-10-17)23(32-24(28)19-12-8-16-31-19)18-11-6-7-13-20(18)33(26,29)30/h3-13,16H,14-15H2,1-2H3. The SMILES string of the molecule is CN(C)CCN1C(C(=O)c2ccccc2)=C(OC(=O)c2ccco2)c2ccccc2S1(=O)=O. The highest BCUT2D eigenvalue weighted by molar-refractivity contribution is 7.89. The van der Waals surface area contributed by atoms with Crippen LogP contribution in [0.3, 0.4) is 0 Å². The van der Waals surface area contributed by atoms with Crippen molar-refractivity contribution >= 4 is 27.5 Å². The number of hydrogen-bond donors (Lipinski definition) is 0. The van der Waals surface area contributed by atoms with Crippen molar-refractivity contribution in [3.8, 4) is 0 Å². The fourth-order valence-corrected chi connectivity index (χ4v) is 5.12. The molecule has 0 bridgehead atoms. The number of furan rings is 1. The molecule has 0 saturated heterocycles. The van der Waals surface area contributed by atoms with Crippen LogP contribution in [-0.4, -0.2) is 56.6 Å². The summed E-state index contributed by atoms with van der Waals surface area (Å²) in [6.07, 6.45) is 1.32. The molecule has 0 aliphatic carbocycles. The molecule has 4 rings (SSSR count). The van der Waals surface area contributed by atoms with Crippen LogP contribution in [-0.2, 0) is 14.8 Å². The quantitative estimate of drug-likeness (QED) is 0.389. The molecule has 1 aliphatic heterocycles. The van der Waals surface area contributed by atoms with Crippen LogP contribution in [0.25, 0.3) is 5.76 Å². The third-order valence-electron chi connectivity index (χ3n) is 5.08. The maximum absolute atomic E-state index is 13.6. The van der Waals surface area contributed by atoms with Crippen molar-refractivity contribution in [1.82, 2.24) is 9.21 Å². The van der Waals surface area contributed by atoms with Crippen LogP contribution >= 0.6 is 0 Å². The number of ether oxygens (including phenoxy) is 1. The number of likely N-dealkylation sites (N-methyl/N-ethyl adjacent to an activating group) is 1. The number of fused-ring (bicyclic) bond motifs is 1. The van der Waals surface area contributed by atoms with E-state index in [2.05, 4.69) is 0 Å². The molecule has 0 amide bonds. The first-order valence-corrected chi connectivity index (χ1v) is 11.6. The summed E-state index contributed by atoms with van der Waals surface area (Å²) in [7, 11) is -0.497. The van der Waals surface area contributed by atoms with E-state index in [1.54, 1.807) is 61.5 Å². The molecule has 2 heterocycles. The Labute approximate surface area is 191 Å². The number of Topliss-reactive ketones (excluding diaryl/α,β-unsaturated/α-hetero) is 1. The van der Waals surface area contributed by atoms with Gasteiger partial charge >= 0.3 is 5.97 Å². The average molecular weight is 467 g/mol. The number of sulfonamides is 1. The van der Waals surface area contributed by atoms with Crippen molar-refractivity contribution in [2.45, 2.75) is 4.90 Å². The molecule has 0 N–H and O–H groups in total. The number of allylic oxidation sites excluding steroid dienone is 1. The summed E-state index contributed by atoms with van der Waals surface area (Å²) in [5, 5.41) is 0. The third-order valence-corrected chi connectivity index (χ3v) is 6.94.